The van der Waals surface area contributed by atoms with Gasteiger partial charge in [-0.2, -0.15) is 0 Å². The van der Waals surface area contributed by atoms with Crippen LogP contribution in [0.2, 0.25) is 0 Å². The molecule has 0 aromatic heterocycles. The molecule has 0 aliphatic heterocycles. The molecule has 2 nitrogen and oxygen atoms in total. The maximum Gasteiger partial charge on any atom is 0.0529 e. The molecule has 1 aliphatic rings. The van der Waals surface area contributed by atoms with Crippen LogP contribution < -0.4 is 5.73 Å². The SMILES string of the molecule is CC(C)(CN)CCCS(=O)c1ccc2c(c1)CCC2. The number of nitrogens with two attached hydrogens (primary N) is 1. The van der Waals surface area contributed by atoms with E-state index in [1.54, 1.807) is 0 Å². The molecule has 0 radical (unpaired) electrons. The lowest BCUT2D eigenvalue weighted by Gasteiger charge is -2.21. The molecule has 0 spiro atoms. The number of hydrogen-bond acceptors (Lipinski definition) is 2. The fourth-order valence-electron chi connectivity index (χ4n) is 2.59. The van der Waals surface area contributed by atoms with Crippen LogP contribution in [-0.4, -0.2) is 16.5 Å². The number of rotatable bonds is 6. The first kappa shape index (κ1) is 14.7. The zero-order valence-electron chi connectivity index (χ0n) is 12.1. The van der Waals surface area contributed by atoms with E-state index in [4.69, 9.17) is 5.73 Å². The average molecular weight is 279 g/mol. The van der Waals surface area contributed by atoms with Crippen molar-refractivity contribution < 1.29 is 4.21 Å². The molecular formula is C16H25NOS. The van der Waals surface area contributed by atoms with Crippen molar-refractivity contribution in [1.29, 1.82) is 0 Å². The monoisotopic (exact) mass is 279 g/mol. The van der Waals surface area contributed by atoms with Crippen LogP contribution >= 0.6 is 0 Å². The van der Waals surface area contributed by atoms with E-state index in [9.17, 15) is 4.21 Å². The van der Waals surface area contributed by atoms with Gasteiger partial charge in [-0.3, -0.25) is 4.21 Å². The molecule has 2 rings (SSSR count). The standard InChI is InChI=1S/C16H25NOS/c1-16(2,12-17)9-4-10-19(18)15-8-7-13-5-3-6-14(13)11-15/h7-8,11H,3-6,9-10,12,17H2,1-2H3. The van der Waals surface area contributed by atoms with E-state index in [-0.39, 0.29) is 5.41 Å². The second-order valence-electron chi connectivity index (χ2n) is 6.31. The molecule has 0 fully saturated rings. The molecule has 0 saturated carbocycles. The minimum absolute atomic E-state index is 0.169. The molecule has 0 saturated heterocycles. The summed E-state index contributed by atoms with van der Waals surface area (Å²) in [5.41, 5.74) is 8.75. The Kier molecular flexibility index (Phi) is 4.80. The van der Waals surface area contributed by atoms with Gasteiger partial charge in [-0.1, -0.05) is 19.9 Å². The molecule has 19 heavy (non-hydrogen) atoms. The maximum absolute atomic E-state index is 12.3. The Bertz CT molecular complexity index is 468. The third-order valence-electron chi connectivity index (χ3n) is 4.07. The van der Waals surface area contributed by atoms with Crippen LogP contribution in [-0.2, 0) is 23.6 Å². The fourth-order valence-corrected chi connectivity index (χ4v) is 3.73. The summed E-state index contributed by atoms with van der Waals surface area (Å²) in [6.07, 6.45) is 5.61. The molecule has 0 heterocycles. The minimum Gasteiger partial charge on any atom is -0.330 e. The predicted octanol–water partition coefficient (Wildman–Crippen LogP) is 3.05. The van der Waals surface area contributed by atoms with E-state index in [1.807, 2.05) is 6.07 Å². The summed E-state index contributed by atoms with van der Waals surface area (Å²) >= 11 is 0. The molecule has 1 atom stereocenters. The first-order chi connectivity index (χ1) is 9.02. The predicted molar refractivity (Wildman–Crippen MR) is 81.8 cm³/mol. The summed E-state index contributed by atoms with van der Waals surface area (Å²) in [6, 6.07) is 6.38. The lowest BCUT2D eigenvalue weighted by molar-refractivity contribution is 0.344. The van der Waals surface area contributed by atoms with Crippen LogP contribution in [0.4, 0.5) is 0 Å². The van der Waals surface area contributed by atoms with Gasteiger partial charge in [-0.25, -0.2) is 0 Å². The topological polar surface area (TPSA) is 43.1 Å². The van der Waals surface area contributed by atoms with Gasteiger partial charge < -0.3 is 5.73 Å². The fraction of sp³-hybridized carbons (Fsp3) is 0.625. The summed E-state index contributed by atoms with van der Waals surface area (Å²) in [5.74, 6) is 0.752. The van der Waals surface area contributed by atoms with Crippen molar-refractivity contribution >= 4 is 10.8 Å². The van der Waals surface area contributed by atoms with E-state index in [2.05, 4.69) is 26.0 Å². The zero-order chi connectivity index (χ0) is 13.9. The van der Waals surface area contributed by atoms with Gasteiger partial charge in [0.1, 0.15) is 0 Å². The summed E-state index contributed by atoms with van der Waals surface area (Å²) in [4.78, 5) is 1.01. The normalized spacial score (nSPS) is 16.4. The molecule has 2 N–H and O–H groups in total. The largest absolute Gasteiger partial charge is 0.330 e. The van der Waals surface area contributed by atoms with Gasteiger partial charge >= 0.3 is 0 Å². The molecule has 1 aliphatic carbocycles. The van der Waals surface area contributed by atoms with Gasteiger partial charge in [0.2, 0.25) is 0 Å². The molecule has 1 unspecified atom stereocenters. The average Bonchev–Trinajstić information content (AvgIpc) is 2.85. The Hall–Kier alpha value is -0.670. The van der Waals surface area contributed by atoms with Crippen LogP contribution in [0.1, 0.15) is 44.2 Å². The Morgan fingerprint density at radius 2 is 2.00 bits per heavy atom. The highest BCUT2D eigenvalue weighted by Gasteiger charge is 2.17. The first-order valence-corrected chi connectivity index (χ1v) is 8.54. The Balaban J connectivity index is 1.90. The summed E-state index contributed by atoms with van der Waals surface area (Å²) in [7, 11) is -0.853. The van der Waals surface area contributed by atoms with Crippen LogP contribution in [0.15, 0.2) is 23.1 Å². The number of fused-ring (bicyclic) bond motifs is 1. The molecule has 1 aromatic carbocycles. The van der Waals surface area contributed by atoms with Crippen LogP contribution in [0.5, 0.6) is 0 Å². The van der Waals surface area contributed by atoms with Crippen molar-refractivity contribution in [3.8, 4) is 0 Å². The molecule has 1 aromatic rings. The minimum atomic E-state index is -0.853. The van der Waals surface area contributed by atoms with E-state index in [0.29, 0.717) is 6.54 Å². The van der Waals surface area contributed by atoms with Gasteiger partial charge in [0.15, 0.2) is 0 Å². The zero-order valence-corrected chi connectivity index (χ0v) is 12.9. The second kappa shape index (κ2) is 6.19. The van der Waals surface area contributed by atoms with Gasteiger partial charge in [0.25, 0.3) is 0 Å². The summed E-state index contributed by atoms with van der Waals surface area (Å²) in [6.45, 7) is 5.04. The maximum atomic E-state index is 12.3. The van der Waals surface area contributed by atoms with Gasteiger partial charge in [-0.15, -0.1) is 0 Å². The van der Waals surface area contributed by atoms with Crippen molar-refractivity contribution in [2.75, 3.05) is 12.3 Å². The molecule has 106 valence electrons. The highest BCUT2D eigenvalue weighted by Crippen LogP contribution is 2.25. The summed E-state index contributed by atoms with van der Waals surface area (Å²) < 4.78 is 12.3. The number of aryl methyl sites for hydroxylation is 2. The van der Waals surface area contributed by atoms with Gasteiger partial charge in [-0.05, 0) is 67.3 Å². The Labute approximate surface area is 119 Å². The van der Waals surface area contributed by atoms with Gasteiger partial charge in [0.05, 0.1) is 10.8 Å². The quantitative estimate of drug-likeness (QED) is 0.869. The highest BCUT2D eigenvalue weighted by molar-refractivity contribution is 7.85. The Morgan fingerprint density at radius 1 is 1.26 bits per heavy atom. The van der Waals surface area contributed by atoms with Crippen LogP contribution in [0, 0.1) is 5.41 Å². The van der Waals surface area contributed by atoms with Crippen molar-refractivity contribution in [1.82, 2.24) is 0 Å². The number of hydrogen-bond donors (Lipinski definition) is 1. The van der Waals surface area contributed by atoms with E-state index < -0.39 is 10.8 Å². The third kappa shape index (κ3) is 3.90. The molecular weight excluding hydrogens is 254 g/mol. The smallest absolute Gasteiger partial charge is 0.0529 e. The van der Waals surface area contributed by atoms with E-state index in [1.165, 1.54) is 24.0 Å². The summed E-state index contributed by atoms with van der Waals surface area (Å²) in [5, 5.41) is 0. The lowest BCUT2D eigenvalue weighted by atomic mass is 9.88. The molecule has 0 amide bonds. The lowest BCUT2D eigenvalue weighted by Crippen LogP contribution is -2.23. The van der Waals surface area contributed by atoms with Crippen LogP contribution in [0.3, 0.4) is 0 Å². The molecule has 0 bridgehead atoms. The van der Waals surface area contributed by atoms with Crippen molar-refractivity contribution in [3.05, 3.63) is 29.3 Å². The first-order valence-electron chi connectivity index (χ1n) is 7.22. The third-order valence-corrected chi connectivity index (χ3v) is 5.51. The Morgan fingerprint density at radius 3 is 2.74 bits per heavy atom. The molecule has 3 heteroatoms. The van der Waals surface area contributed by atoms with Crippen molar-refractivity contribution in [3.63, 3.8) is 0 Å². The van der Waals surface area contributed by atoms with E-state index in [0.717, 1.165) is 29.9 Å². The van der Waals surface area contributed by atoms with Crippen LogP contribution in [0.25, 0.3) is 0 Å². The second-order valence-corrected chi connectivity index (χ2v) is 7.88. The van der Waals surface area contributed by atoms with Gasteiger partial charge in [0, 0.05) is 10.6 Å². The van der Waals surface area contributed by atoms with Crippen molar-refractivity contribution in [2.24, 2.45) is 11.1 Å². The number of benzene rings is 1. The highest BCUT2D eigenvalue weighted by atomic mass is 32.2. The van der Waals surface area contributed by atoms with E-state index >= 15 is 0 Å². The van der Waals surface area contributed by atoms with Crippen molar-refractivity contribution in [2.45, 2.75) is 50.8 Å².